The average Bonchev–Trinajstić information content (AvgIpc) is 2.62. The summed E-state index contributed by atoms with van der Waals surface area (Å²) in [6, 6.07) is 10.2. The summed E-state index contributed by atoms with van der Waals surface area (Å²) in [6.45, 7) is 2.14. The minimum atomic E-state index is -1.18. The molecule has 0 unspecified atom stereocenters. The molecule has 7 heteroatoms. The van der Waals surface area contributed by atoms with E-state index in [-0.39, 0.29) is 35.9 Å². The average molecular weight is 359 g/mol. The summed E-state index contributed by atoms with van der Waals surface area (Å²) in [5.41, 5.74) is 1.16. The van der Waals surface area contributed by atoms with E-state index >= 15 is 0 Å². The van der Waals surface area contributed by atoms with E-state index in [0.29, 0.717) is 11.5 Å². The summed E-state index contributed by atoms with van der Waals surface area (Å²) in [5.74, 6) is -0.293. The molecule has 0 aromatic heterocycles. The van der Waals surface area contributed by atoms with E-state index in [4.69, 9.17) is 14.2 Å². The second kappa shape index (κ2) is 8.75. The van der Waals surface area contributed by atoms with Crippen molar-refractivity contribution in [3.05, 3.63) is 47.5 Å². The second-order valence-electron chi connectivity index (χ2n) is 5.52. The van der Waals surface area contributed by atoms with Crippen molar-refractivity contribution in [3.63, 3.8) is 0 Å². The maximum Gasteiger partial charge on any atom is 0.337 e. The van der Waals surface area contributed by atoms with Gasteiger partial charge in [0.05, 0.1) is 38.5 Å². The van der Waals surface area contributed by atoms with Crippen molar-refractivity contribution < 1.29 is 28.9 Å². The highest BCUT2D eigenvalue weighted by atomic mass is 16.5. The van der Waals surface area contributed by atoms with Crippen molar-refractivity contribution >= 4 is 17.6 Å². The van der Waals surface area contributed by atoms with Gasteiger partial charge in [0, 0.05) is 12.1 Å². The van der Waals surface area contributed by atoms with Crippen LogP contribution in [0.3, 0.4) is 0 Å². The molecule has 2 aromatic carbocycles. The lowest BCUT2D eigenvalue weighted by molar-refractivity contribution is -0.116. The number of nitrogens with one attached hydrogen (secondary N) is 1. The van der Waals surface area contributed by atoms with E-state index in [0.717, 1.165) is 5.56 Å². The number of methoxy groups -OCH3 is 2. The van der Waals surface area contributed by atoms with Crippen molar-refractivity contribution in [2.45, 2.75) is 13.3 Å². The predicted octanol–water partition coefficient (Wildman–Crippen LogP) is 3.12. The number of aromatic carboxylic acids is 1. The standard InChI is InChI=1S/C19H21NO6/c1-12-4-6-13(7-5-12)26-9-8-18(21)20-15-11-17(25-3)16(24-2)10-14(15)19(22)23/h4-7,10-11H,8-9H2,1-3H3,(H,20,21)(H,22,23). The Labute approximate surface area is 151 Å². The first kappa shape index (κ1) is 19.1. The Hall–Kier alpha value is -3.22. The number of aryl methyl sites for hydroxylation is 1. The van der Waals surface area contributed by atoms with Gasteiger partial charge in [0.25, 0.3) is 0 Å². The normalized spacial score (nSPS) is 10.1. The van der Waals surface area contributed by atoms with Crippen LogP contribution in [-0.2, 0) is 4.79 Å². The van der Waals surface area contributed by atoms with E-state index in [1.54, 1.807) is 0 Å². The van der Waals surface area contributed by atoms with Crippen molar-refractivity contribution in [3.8, 4) is 17.2 Å². The Bertz CT molecular complexity index is 785. The third kappa shape index (κ3) is 4.89. The molecule has 1 amide bonds. The summed E-state index contributed by atoms with van der Waals surface area (Å²) in [4.78, 5) is 23.6. The molecule has 2 aromatic rings. The first-order valence-electron chi connectivity index (χ1n) is 7.93. The number of carbonyl (C=O) groups excluding carboxylic acids is 1. The van der Waals surface area contributed by atoms with Crippen molar-refractivity contribution in [1.29, 1.82) is 0 Å². The van der Waals surface area contributed by atoms with Crippen LogP contribution in [0.15, 0.2) is 36.4 Å². The number of carbonyl (C=O) groups is 2. The maximum atomic E-state index is 12.1. The molecular formula is C19H21NO6. The van der Waals surface area contributed by atoms with E-state index in [1.165, 1.54) is 26.4 Å². The summed E-state index contributed by atoms with van der Waals surface area (Å²) in [6.07, 6.45) is 0.0707. The van der Waals surface area contributed by atoms with Crippen LogP contribution in [-0.4, -0.2) is 37.8 Å². The monoisotopic (exact) mass is 359 g/mol. The molecule has 138 valence electrons. The molecule has 2 rings (SSSR count). The van der Waals surface area contributed by atoms with Crippen LogP contribution in [0.25, 0.3) is 0 Å². The quantitative estimate of drug-likeness (QED) is 0.752. The summed E-state index contributed by atoms with van der Waals surface area (Å²) in [7, 11) is 2.84. The number of hydrogen-bond donors (Lipinski definition) is 2. The van der Waals surface area contributed by atoms with Gasteiger partial charge >= 0.3 is 5.97 Å². The van der Waals surface area contributed by atoms with E-state index in [9.17, 15) is 14.7 Å². The number of ether oxygens (including phenoxy) is 3. The zero-order chi connectivity index (χ0) is 19.1. The molecule has 0 atom stereocenters. The van der Waals surface area contributed by atoms with Gasteiger partial charge in [-0.25, -0.2) is 4.79 Å². The molecule has 7 nitrogen and oxygen atoms in total. The number of benzene rings is 2. The molecule has 26 heavy (non-hydrogen) atoms. The van der Waals surface area contributed by atoms with Gasteiger partial charge in [-0.3, -0.25) is 4.79 Å². The third-order valence-electron chi connectivity index (χ3n) is 3.65. The van der Waals surface area contributed by atoms with Crippen LogP contribution in [0.5, 0.6) is 17.2 Å². The number of carboxylic acid groups (broad SMARTS) is 1. The van der Waals surface area contributed by atoms with Crippen LogP contribution in [0.2, 0.25) is 0 Å². The molecule has 0 radical (unpaired) electrons. The highest BCUT2D eigenvalue weighted by Gasteiger charge is 2.18. The van der Waals surface area contributed by atoms with Crippen molar-refractivity contribution in [2.75, 3.05) is 26.1 Å². The molecule has 0 bridgehead atoms. The zero-order valence-electron chi connectivity index (χ0n) is 14.9. The first-order chi connectivity index (χ1) is 12.4. The van der Waals surface area contributed by atoms with Crippen LogP contribution >= 0.6 is 0 Å². The Kier molecular flexibility index (Phi) is 6.43. The Morgan fingerprint density at radius 1 is 1.04 bits per heavy atom. The number of amides is 1. The van der Waals surface area contributed by atoms with Gasteiger partial charge in [-0.2, -0.15) is 0 Å². The van der Waals surface area contributed by atoms with Gasteiger partial charge in [0.15, 0.2) is 11.5 Å². The second-order valence-corrected chi connectivity index (χ2v) is 5.52. The lowest BCUT2D eigenvalue weighted by atomic mass is 10.1. The van der Waals surface area contributed by atoms with Crippen molar-refractivity contribution in [2.24, 2.45) is 0 Å². The fourth-order valence-electron chi connectivity index (χ4n) is 2.27. The Balaban J connectivity index is 2.03. The smallest absolute Gasteiger partial charge is 0.337 e. The topological polar surface area (TPSA) is 94.1 Å². The van der Waals surface area contributed by atoms with Gasteiger partial charge in [-0.05, 0) is 19.1 Å². The molecule has 0 heterocycles. The fourth-order valence-corrected chi connectivity index (χ4v) is 2.27. The van der Waals surface area contributed by atoms with Gasteiger partial charge < -0.3 is 24.6 Å². The van der Waals surface area contributed by atoms with Crippen LogP contribution < -0.4 is 19.5 Å². The molecular weight excluding hydrogens is 338 g/mol. The van der Waals surface area contributed by atoms with Gasteiger partial charge in [0.2, 0.25) is 5.91 Å². The van der Waals surface area contributed by atoms with Gasteiger partial charge in [-0.1, -0.05) is 17.7 Å². The summed E-state index contributed by atoms with van der Waals surface area (Å²) in [5, 5.41) is 11.9. The molecule has 0 saturated carbocycles. The SMILES string of the molecule is COc1cc(NC(=O)CCOc2ccc(C)cc2)c(C(=O)O)cc1OC. The highest BCUT2D eigenvalue weighted by Crippen LogP contribution is 2.33. The minimum Gasteiger partial charge on any atom is -0.493 e. The Morgan fingerprint density at radius 3 is 2.23 bits per heavy atom. The van der Waals surface area contributed by atoms with Gasteiger partial charge in [-0.15, -0.1) is 0 Å². The zero-order valence-corrected chi connectivity index (χ0v) is 14.9. The summed E-state index contributed by atoms with van der Waals surface area (Å²) < 4.78 is 15.7. The molecule has 0 spiro atoms. The van der Waals surface area contributed by atoms with Crippen LogP contribution in [0, 0.1) is 6.92 Å². The lowest BCUT2D eigenvalue weighted by Crippen LogP contribution is -2.17. The number of carboxylic acids is 1. The van der Waals surface area contributed by atoms with Crippen LogP contribution in [0.4, 0.5) is 5.69 Å². The predicted molar refractivity (Wildman–Crippen MR) is 96.4 cm³/mol. The van der Waals surface area contributed by atoms with Crippen molar-refractivity contribution in [1.82, 2.24) is 0 Å². The molecule has 0 aliphatic heterocycles. The third-order valence-corrected chi connectivity index (χ3v) is 3.65. The molecule has 0 fully saturated rings. The number of hydrogen-bond acceptors (Lipinski definition) is 5. The minimum absolute atomic E-state index is 0.0707. The van der Waals surface area contributed by atoms with Crippen LogP contribution in [0.1, 0.15) is 22.3 Å². The molecule has 0 aliphatic carbocycles. The number of anilines is 1. The largest absolute Gasteiger partial charge is 0.493 e. The Morgan fingerprint density at radius 2 is 1.65 bits per heavy atom. The summed E-state index contributed by atoms with van der Waals surface area (Å²) >= 11 is 0. The maximum absolute atomic E-state index is 12.1. The van der Waals surface area contributed by atoms with Gasteiger partial charge in [0.1, 0.15) is 5.75 Å². The van der Waals surface area contributed by atoms with E-state index in [2.05, 4.69) is 5.32 Å². The molecule has 2 N–H and O–H groups in total. The van der Waals surface area contributed by atoms with E-state index in [1.807, 2.05) is 31.2 Å². The molecule has 0 saturated heterocycles. The molecule has 0 aliphatic rings. The fraction of sp³-hybridized carbons (Fsp3) is 0.263. The first-order valence-corrected chi connectivity index (χ1v) is 7.93. The highest BCUT2D eigenvalue weighted by molar-refractivity contribution is 6.01. The number of rotatable bonds is 8. The van der Waals surface area contributed by atoms with E-state index < -0.39 is 5.97 Å². The lowest BCUT2D eigenvalue weighted by Gasteiger charge is -2.14.